The second-order valence-corrected chi connectivity index (χ2v) is 10.8. The number of aliphatic hydroxyl groups is 1. The quantitative estimate of drug-likeness (QED) is 0.570. The van der Waals surface area contributed by atoms with Crippen LogP contribution in [0.4, 0.5) is 10.5 Å². The Hall–Kier alpha value is -2.16. The number of benzene rings is 1. The first kappa shape index (κ1) is 23.5. The van der Waals surface area contributed by atoms with E-state index in [1.807, 2.05) is 0 Å². The van der Waals surface area contributed by atoms with Gasteiger partial charge in [-0.2, -0.15) is 0 Å². The van der Waals surface area contributed by atoms with Gasteiger partial charge in [0, 0.05) is 5.69 Å². The predicted molar refractivity (Wildman–Crippen MR) is 124 cm³/mol. The van der Waals surface area contributed by atoms with E-state index in [9.17, 15) is 14.1 Å². The molecule has 2 unspecified atom stereocenters. The fourth-order valence-electron chi connectivity index (χ4n) is 4.29. The van der Waals surface area contributed by atoms with Gasteiger partial charge in [-0.25, -0.2) is 14.1 Å². The lowest BCUT2D eigenvalue weighted by Gasteiger charge is -2.21. The number of hydrogen-bond donors (Lipinski definition) is 3. The third-order valence-corrected chi connectivity index (χ3v) is 7.53. The van der Waals surface area contributed by atoms with E-state index in [0.717, 1.165) is 48.9 Å². The molecule has 0 aromatic heterocycles. The number of carbonyl (C=O) groups excluding carboxylic acids is 1. The molecule has 0 heterocycles. The summed E-state index contributed by atoms with van der Waals surface area (Å²) in [5.74, 6) is 0.646. The van der Waals surface area contributed by atoms with Crippen molar-refractivity contribution < 1.29 is 18.8 Å². The largest absolute Gasteiger partial charge is 0.451 e. The molecule has 170 valence electrons. The number of carbonyl (C=O) groups is 1. The molecule has 0 spiro atoms. The smallest absolute Gasteiger partial charge is 0.354 e. The number of hydrogen-bond acceptors (Lipinski definition) is 4. The third kappa shape index (κ3) is 4.86. The molecule has 2 aliphatic rings. The molecule has 8 heteroatoms. The highest BCUT2D eigenvalue weighted by Gasteiger charge is 2.29. The maximum absolute atomic E-state index is 12.9. The second kappa shape index (κ2) is 8.41. The van der Waals surface area contributed by atoms with Crippen molar-refractivity contribution >= 4 is 21.6 Å². The van der Waals surface area contributed by atoms with Gasteiger partial charge in [-0.05, 0) is 100 Å². The van der Waals surface area contributed by atoms with Crippen LogP contribution < -0.4 is 10.5 Å². The topological polar surface area (TPSA) is 114 Å². The summed E-state index contributed by atoms with van der Waals surface area (Å²) in [6.07, 6.45) is 4.99. The highest BCUT2D eigenvalue weighted by atomic mass is 32.2. The van der Waals surface area contributed by atoms with Gasteiger partial charge < -0.3 is 15.2 Å². The Kier molecular flexibility index (Phi) is 6.37. The van der Waals surface area contributed by atoms with Crippen molar-refractivity contribution in [2.24, 2.45) is 9.50 Å². The van der Waals surface area contributed by atoms with Crippen LogP contribution in [0, 0.1) is 0 Å². The number of rotatable bonds is 5. The molecule has 1 aromatic rings. The average Bonchev–Trinajstić information content (AvgIpc) is 3.26. The van der Waals surface area contributed by atoms with Crippen LogP contribution in [0.25, 0.3) is 0 Å². The van der Waals surface area contributed by atoms with Crippen molar-refractivity contribution in [1.29, 1.82) is 0 Å². The zero-order chi connectivity index (χ0) is 23.1. The lowest BCUT2D eigenvalue weighted by atomic mass is 9.95. The lowest BCUT2D eigenvalue weighted by molar-refractivity contribution is 0.113. The van der Waals surface area contributed by atoms with Crippen LogP contribution in [0.3, 0.4) is 0 Å². The number of fused-ring (bicyclic) bond motifs is 2. The number of ether oxygens (including phenoxy) is 1. The molecule has 1 aromatic carbocycles. The summed E-state index contributed by atoms with van der Waals surface area (Å²) in [6, 6.07) is 1.50. The van der Waals surface area contributed by atoms with Crippen molar-refractivity contribution in [3.63, 3.8) is 0 Å². The van der Waals surface area contributed by atoms with E-state index in [1.54, 1.807) is 27.7 Å². The fraction of sp³-hybridized carbons (Fsp3) is 0.522. The molecule has 0 saturated carbocycles. The minimum absolute atomic E-state index is 0.304. The number of amides is 2. The first-order chi connectivity index (χ1) is 14.3. The van der Waals surface area contributed by atoms with Gasteiger partial charge in [0.2, 0.25) is 5.09 Å². The first-order valence-corrected chi connectivity index (χ1v) is 12.2. The Morgan fingerprint density at radius 2 is 2.00 bits per heavy atom. The summed E-state index contributed by atoms with van der Waals surface area (Å²) in [4.78, 5) is 12.7. The fourth-order valence-corrected chi connectivity index (χ4v) is 4.93. The van der Waals surface area contributed by atoms with Gasteiger partial charge in [-0.1, -0.05) is 13.0 Å². The van der Waals surface area contributed by atoms with Crippen molar-refractivity contribution in [3.05, 3.63) is 51.3 Å². The van der Waals surface area contributed by atoms with E-state index in [0.29, 0.717) is 17.3 Å². The summed E-state index contributed by atoms with van der Waals surface area (Å²) in [6.45, 7) is 12.3. The molecule has 4 N–H and O–H groups in total. The highest BCUT2D eigenvalue weighted by molar-refractivity contribution is 7.95. The van der Waals surface area contributed by atoms with E-state index in [2.05, 4.69) is 29.2 Å². The Morgan fingerprint density at radius 3 is 2.65 bits per heavy atom. The first-order valence-electron chi connectivity index (χ1n) is 10.6. The van der Waals surface area contributed by atoms with Crippen LogP contribution in [0.1, 0.15) is 75.6 Å². The predicted octanol–water partition coefficient (Wildman–Crippen LogP) is 4.65. The van der Waals surface area contributed by atoms with E-state index in [1.165, 1.54) is 11.1 Å². The van der Waals surface area contributed by atoms with Crippen LogP contribution in [0.15, 0.2) is 33.4 Å². The molecular weight excluding hydrogens is 414 g/mol. The SMILES string of the molecule is C=C(O/C(C)=C(\C)C(C)(C)O)S(N)(=O)=NC(=O)Nc1c2c(cc3c1C(C)CC3)CCC2. The standard InChI is InChI=1S/C23H33N3O4S/c1-13-10-11-18-12-17-8-7-9-19(17)21(20(13)18)25-22(27)26-31(24,29)16(4)30-15(3)14(2)23(5,6)28/h12-13,28H,4,7-11H2,1-3,5-6H3,(H3,24,25,26,27,29)/b15-14+. The second-order valence-electron chi connectivity index (χ2n) is 9.06. The Bertz CT molecular complexity index is 1090. The molecule has 0 bridgehead atoms. The third-order valence-electron chi connectivity index (χ3n) is 6.35. The number of aryl methyl sites for hydroxylation is 2. The molecule has 0 saturated heterocycles. The van der Waals surface area contributed by atoms with Crippen molar-refractivity contribution in [1.82, 2.24) is 0 Å². The van der Waals surface area contributed by atoms with Gasteiger partial charge >= 0.3 is 6.03 Å². The zero-order valence-electron chi connectivity index (χ0n) is 19.0. The summed E-state index contributed by atoms with van der Waals surface area (Å²) in [5.41, 5.74) is 5.05. The molecule has 2 atom stereocenters. The summed E-state index contributed by atoms with van der Waals surface area (Å²) >= 11 is 0. The summed E-state index contributed by atoms with van der Waals surface area (Å²) in [7, 11) is -3.66. The van der Waals surface area contributed by atoms with E-state index < -0.39 is 21.5 Å². The van der Waals surface area contributed by atoms with Crippen LogP contribution in [-0.4, -0.2) is 20.9 Å². The van der Waals surface area contributed by atoms with Crippen molar-refractivity contribution in [2.45, 2.75) is 78.2 Å². The molecule has 7 nitrogen and oxygen atoms in total. The molecule has 2 aliphatic carbocycles. The van der Waals surface area contributed by atoms with E-state index in [4.69, 9.17) is 9.88 Å². The molecule has 0 radical (unpaired) electrons. The van der Waals surface area contributed by atoms with Crippen molar-refractivity contribution in [2.75, 3.05) is 5.32 Å². The number of nitrogens with zero attached hydrogens (tertiary/aromatic N) is 1. The molecular formula is C23H33N3O4S. The maximum Gasteiger partial charge on any atom is 0.354 e. The Balaban J connectivity index is 1.87. The van der Waals surface area contributed by atoms with Gasteiger partial charge in [0.1, 0.15) is 5.76 Å². The monoisotopic (exact) mass is 447 g/mol. The van der Waals surface area contributed by atoms with Gasteiger partial charge in [-0.3, -0.25) is 0 Å². The normalized spacial score (nSPS) is 20.3. The van der Waals surface area contributed by atoms with Crippen LogP contribution >= 0.6 is 0 Å². The summed E-state index contributed by atoms with van der Waals surface area (Å²) < 4.78 is 22.0. The average molecular weight is 448 g/mol. The molecule has 0 aliphatic heterocycles. The van der Waals surface area contributed by atoms with E-state index in [-0.39, 0.29) is 5.09 Å². The minimum Gasteiger partial charge on any atom is -0.451 e. The van der Waals surface area contributed by atoms with Crippen LogP contribution in [-0.2, 0) is 33.9 Å². The van der Waals surface area contributed by atoms with E-state index >= 15 is 0 Å². The number of allylic oxidation sites excluding steroid dienone is 1. The number of urea groups is 1. The van der Waals surface area contributed by atoms with Crippen molar-refractivity contribution in [3.8, 4) is 0 Å². The maximum atomic E-state index is 12.9. The highest BCUT2D eigenvalue weighted by Crippen LogP contribution is 2.43. The van der Waals surface area contributed by atoms with Gasteiger partial charge in [0.25, 0.3) is 0 Å². The van der Waals surface area contributed by atoms with Gasteiger partial charge in [-0.15, -0.1) is 4.36 Å². The summed E-state index contributed by atoms with van der Waals surface area (Å²) in [5, 5.41) is 18.5. The molecule has 3 rings (SSSR count). The Labute approximate surface area is 185 Å². The zero-order valence-corrected chi connectivity index (χ0v) is 19.8. The van der Waals surface area contributed by atoms with Crippen LogP contribution in [0.5, 0.6) is 0 Å². The molecule has 2 amide bonds. The lowest BCUT2D eigenvalue weighted by Crippen LogP contribution is -2.24. The van der Waals surface area contributed by atoms with Gasteiger partial charge in [0.05, 0.1) is 5.60 Å². The number of nitrogens with two attached hydrogens (primary N) is 1. The number of anilines is 1. The molecule has 31 heavy (non-hydrogen) atoms. The van der Waals surface area contributed by atoms with Crippen LogP contribution in [0.2, 0.25) is 0 Å². The molecule has 0 fully saturated rings. The van der Waals surface area contributed by atoms with Gasteiger partial charge in [0.15, 0.2) is 9.92 Å². The Morgan fingerprint density at radius 1 is 1.32 bits per heavy atom. The minimum atomic E-state index is -3.66. The number of nitrogens with one attached hydrogen (secondary N) is 1.